The fourth-order valence-electron chi connectivity index (χ4n) is 11.5. The number of carbonyl (C=O) groups excluding carboxylic acids is 6. The lowest BCUT2D eigenvalue weighted by Gasteiger charge is -2.50. The van der Waals surface area contributed by atoms with E-state index in [4.69, 9.17) is 28.4 Å². The Bertz CT molecular complexity index is 2040. The Labute approximate surface area is 418 Å². The molecule has 1 saturated carbocycles. The molecule has 0 radical (unpaired) electrons. The van der Waals surface area contributed by atoms with Gasteiger partial charge in [0.1, 0.15) is 17.9 Å². The second-order valence-electron chi connectivity index (χ2n) is 20.9. The van der Waals surface area contributed by atoms with E-state index in [-0.39, 0.29) is 42.8 Å². The number of carboxylic acid groups (broad SMARTS) is 1. The van der Waals surface area contributed by atoms with Crippen LogP contribution in [-0.2, 0) is 62.0 Å². The Morgan fingerprint density at radius 2 is 1.58 bits per heavy atom. The first-order valence-corrected chi connectivity index (χ1v) is 25.5. The zero-order valence-corrected chi connectivity index (χ0v) is 43.1. The monoisotopic (exact) mass is 998 g/mol. The summed E-state index contributed by atoms with van der Waals surface area (Å²) in [6.45, 7) is 10.6. The molecule has 0 aromatic carbocycles. The van der Waals surface area contributed by atoms with Crippen LogP contribution < -0.4 is 0 Å². The quantitative estimate of drug-likeness (QED) is 0.140. The van der Waals surface area contributed by atoms with E-state index in [1.165, 1.54) is 12.0 Å². The van der Waals surface area contributed by atoms with Crippen LogP contribution in [0, 0.1) is 41.4 Å². The van der Waals surface area contributed by atoms with Crippen molar-refractivity contribution in [3.8, 4) is 0 Å². The van der Waals surface area contributed by atoms with Gasteiger partial charge in [-0.05, 0) is 101 Å². The fourth-order valence-corrected chi connectivity index (χ4v) is 11.5. The lowest BCUT2D eigenvalue weighted by atomic mass is 9.68. The van der Waals surface area contributed by atoms with Crippen LogP contribution in [0.3, 0.4) is 0 Å². The SMILES string of the molecule is CO[C@H]1C[C@@H]2CC[C@@H](C)[C@@](O)(O2)C(=O)C(=O)N2CCCC3[C@H]2C(=O)O[C@@H](CC(=O)[C@H](C)C=C(C)[C@@H](OC(=O)CCC(=O)O)[C@@H](OC)C(=O)[C@H](C)C[C@H](C)C=CC=CC=C1C)[C@H]3C[C@@H]1CC[C@@H](O)[C@H](OC)C1. The lowest BCUT2D eigenvalue weighted by Crippen LogP contribution is -2.65. The number of hydrogen-bond donors (Lipinski definition) is 3. The maximum atomic E-state index is 14.5. The third-order valence-electron chi connectivity index (χ3n) is 15.7. The number of Topliss-reactive ketones (excluding diaryl/α,β-unsaturated/α-hetero) is 3. The molecule has 1 unspecified atom stereocenters. The van der Waals surface area contributed by atoms with Crippen LogP contribution in [0.2, 0.25) is 0 Å². The van der Waals surface area contributed by atoms with Gasteiger partial charge in [0, 0.05) is 64.4 Å². The Kier molecular flexibility index (Phi) is 21.1. The van der Waals surface area contributed by atoms with E-state index in [2.05, 4.69) is 0 Å². The predicted molar refractivity (Wildman–Crippen MR) is 259 cm³/mol. The largest absolute Gasteiger partial charge is 0.481 e. The number of rotatable bonds is 9. The molecular weight excluding hydrogens is 919 g/mol. The van der Waals surface area contributed by atoms with E-state index in [0.29, 0.717) is 63.4 Å². The number of nitrogens with zero attached hydrogens (tertiary/aromatic N) is 1. The highest BCUT2D eigenvalue weighted by Gasteiger charge is 2.57. The number of aliphatic carboxylic acids is 1. The summed E-state index contributed by atoms with van der Waals surface area (Å²) in [5.74, 6) is -11.5. The summed E-state index contributed by atoms with van der Waals surface area (Å²) < 4.78 is 35.5. The number of hydrogen-bond acceptors (Lipinski definition) is 15. The summed E-state index contributed by atoms with van der Waals surface area (Å²) in [5.41, 5.74) is 1.16. The molecule has 4 aliphatic heterocycles. The van der Waals surface area contributed by atoms with E-state index in [1.807, 2.05) is 44.2 Å². The van der Waals surface area contributed by atoms with Gasteiger partial charge in [0.15, 0.2) is 18.0 Å². The van der Waals surface area contributed by atoms with E-state index in [1.54, 1.807) is 48.0 Å². The Balaban J connectivity index is 1.55. The molecule has 4 fully saturated rings. The third kappa shape index (κ3) is 14.4. The van der Waals surface area contributed by atoms with Gasteiger partial charge in [0.2, 0.25) is 5.79 Å². The van der Waals surface area contributed by atoms with Crippen molar-refractivity contribution < 1.29 is 77.3 Å². The number of carboxylic acids is 1. The first kappa shape index (κ1) is 57.5. The molecule has 5 rings (SSSR count). The first-order valence-electron chi connectivity index (χ1n) is 25.5. The molecule has 4 heterocycles. The third-order valence-corrected chi connectivity index (χ3v) is 15.7. The molecule has 71 heavy (non-hydrogen) atoms. The molecule has 17 nitrogen and oxygen atoms in total. The van der Waals surface area contributed by atoms with Crippen LogP contribution in [0.1, 0.15) is 125 Å². The molecule has 5 aliphatic rings. The Morgan fingerprint density at radius 1 is 0.845 bits per heavy atom. The molecule has 1 amide bonds. The van der Waals surface area contributed by atoms with Crippen LogP contribution >= 0.6 is 0 Å². The summed E-state index contributed by atoms with van der Waals surface area (Å²) in [6, 6.07) is -1.18. The van der Waals surface area contributed by atoms with Crippen molar-refractivity contribution in [1.82, 2.24) is 4.90 Å². The van der Waals surface area contributed by atoms with Crippen LogP contribution in [0.15, 0.2) is 47.6 Å². The van der Waals surface area contributed by atoms with Gasteiger partial charge in [-0.25, -0.2) is 4.79 Å². The number of fused-ring (bicyclic) bond motifs is 3. The average Bonchev–Trinajstić information content (AvgIpc) is 3.33. The second kappa shape index (κ2) is 26.0. The van der Waals surface area contributed by atoms with Gasteiger partial charge in [-0.3, -0.25) is 28.8 Å². The van der Waals surface area contributed by atoms with Gasteiger partial charge in [-0.2, -0.15) is 0 Å². The van der Waals surface area contributed by atoms with E-state index in [0.717, 1.165) is 5.57 Å². The van der Waals surface area contributed by atoms with Crippen molar-refractivity contribution >= 4 is 41.2 Å². The van der Waals surface area contributed by atoms with Gasteiger partial charge in [-0.15, -0.1) is 0 Å². The van der Waals surface area contributed by atoms with Gasteiger partial charge in [-0.1, -0.05) is 64.2 Å². The minimum absolute atomic E-state index is 0.00452. The van der Waals surface area contributed by atoms with Crippen molar-refractivity contribution in [2.45, 2.75) is 180 Å². The molecule has 6 bridgehead atoms. The normalized spacial score (nSPS) is 37.5. The number of aliphatic hydroxyl groups is 2. The summed E-state index contributed by atoms with van der Waals surface area (Å²) in [5, 5.41) is 32.0. The minimum Gasteiger partial charge on any atom is -0.481 e. The van der Waals surface area contributed by atoms with Gasteiger partial charge < -0.3 is 48.6 Å². The number of carbonyl (C=O) groups is 7. The number of piperidine rings is 1. The highest BCUT2D eigenvalue weighted by Crippen LogP contribution is 2.45. The van der Waals surface area contributed by atoms with E-state index in [9.17, 15) is 48.9 Å². The molecule has 0 aromatic rings. The number of methoxy groups -OCH3 is 3. The number of allylic oxidation sites excluding steroid dienone is 6. The van der Waals surface area contributed by atoms with Crippen molar-refractivity contribution in [1.29, 1.82) is 0 Å². The number of amides is 1. The topological polar surface area (TPSA) is 239 Å². The maximum absolute atomic E-state index is 14.5. The number of ether oxygens (including phenoxy) is 6. The number of aliphatic hydroxyl groups excluding tert-OH is 1. The van der Waals surface area contributed by atoms with Gasteiger partial charge in [0.25, 0.3) is 11.7 Å². The van der Waals surface area contributed by atoms with Crippen LogP contribution in [-0.4, -0.2) is 144 Å². The van der Waals surface area contributed by atoms with Crippen LogP contribution in [0.4, 0.5) is 0 Å². The maximum Gasteiger partial charge on any atom is 0.329 e. The highest BCUT2D eigenvalue weighted by atomic mass is 16.6. The Hall–Kier alpha value is -4.39. The van der Waals surface area contributed by atoms with Crippen molar-refractivity contribution in [3.05, 3.63) is 47.6 Å². The molecule has 3 saturated heterocycles. The van der Waals surface area contributed by atoms with Crippen LogP contribution in [0.5, 0.6) is 0 Å². The van der Waals surface area contributed by atoms with Crippen LogP contribution in [0.25, 0.3) is 0 Å². The summed E-state index contributed by atoms with van der Waals surface area (Å²) in [4.78, 5) is 97.7. The predicted octanol–water partition coefficient (Wildman–Crippen LogP) is 5.82. The average molecular weight is 998 g/mol. The molecule has 1 aliphatic carbocycles. The van der Waals surface area contributed by atoms with Crippen molar-refractivity contribution in [2.75, 3.05) is 27.9 Å². The van der Waals surface area contributed by atoms with Crippen molar-refractivity contribution in [2.24, 2.45) is 41.4 Å². The number of ketones is 3. The molecule has 0 aromatic heterocycles. The fraction of sp³-hybridized carbons (Fsp3) is 0.722. The van der Waals surface area contributed by atoms with E-state index >= 15 is 0 Å². The summed E-state index contributed by atoms with van der Waals surface area (Å²) in [6.07, 6.45) is 8.61. The van der Waals surface area contributed by atoms with Gasteiger partial charge >= 0.3 is 17.9 Å². The Morgan fingerprint density at radius 3 is 2.25 bits per heavy atom. The summed E-state index contributed by atoms with van der Waals surface area (Å²) in [7, 11) is 4.42. The molecular formula is C54H79NO16. The molecule has 396 valence electrons. The summed E-state index contributed by atoms with van der Waals surface area (Å²) >= 11 is 0. The molecule has 17 heteroatoms. The number of esters is 2. The standard InChI is InChI=1S/C54H79NO16/c1-30-14-11-10-12-15-31(2)42(66-7)28-37-19-17-35(6)54(65,71-37)51(62)52(63)55-23-13-16-38-39(26-36-18-20-40(56)44(27-36)67-8)43(69-53(64)47(38)55)29-41(57)32(3)25-34(5)49(70-46(60)22-21-45(58)59)50(68-9)48(61)33(4)24-30/h10-12,14-15,25,30,32-33,35-40,42-44,47,49-50,56,65H,13,16-24,26-29H2,1-9H3,(H,58,59)/t30-,32-,33-,35-,36+,37+,38?,39+,40-,42+,43+,44-,47+,49-,50+,54-/m1/s1. The highest BCUT2D eigenvalue weighted by molar-refractivity contribution is 6.39. The second-order valence-corrected chi connectivity index (χ2v) is 20.9. The molecule has 0 spiro atoms. The zero-order chi connectivity index (χ0) is 52.3. The lowest BCUT2D eigenvalue weighted by molar-refractivity contribution is -0.266. The zero-order valence-electron chi connectivity index (χ0n) is 43.1. The van der Waals surface area contributed by atoms with E-state index < -0.39 is 127 Å². The molecule has 3 N–H and O–H groups in total. The molecule has 16 atom stereocenters. The van der Waals surface area contributed by atoms with Gasteiger partial charge in [0.05, 0.1) is 37.3 Å². The van der Waals surface area contributed by atoms with Crippen molar-refractivity contribution in [3.63, 3.8) is 0 Å². The first-order chi connectivity index (χ1) is 33.6. The minimum atomic E-state index is -2.47. The smallest absolute Gasteiger partial charge is 0.329 e.